The normalized spacial score (nSPS) is 19.6. The molecule has 19 heavy (non-hydrogen) atoms. The van der Waals surface area contributed by atoms with Gasteiger partial charge in [-0.05, 0) is 19.4 Å². The zero-order valence-electron chi connectivity index (χ0n) is 11.1. The molecule has 0 spiro atoms. The van der Waals surface area contributed by atoms with Gasteiger partial charge in [0.2, 0.25) is 0 Å². The number of nitrogens with two attached hydrogens (primary N) is 1. The van der Waals surface area contributed by atoms with Gasteiger partial charge in [-0.25, -0.2) is 4.39 Å². The van der Waals surface area contributed by atoms with Crippen LogP contribution < -0.4 is 5.73 Å². The Balaban J connectivity index is 2.14. The van der Waals surface area contributed by atoms with Crippen molar-refractivity contribution in [1.29, 1.82) is 0 Å². The maximum Gasteiger partial charge on any atom is 0.323 e. The van der Waals surface area contributed by atoms with Gasteiger partial charge in [-0.1, -0.05) is 18.2 Å². The zero-order chi connectivity index (χ0) is 13.8. The van der Waals surface area contributed by atoms with E-state index < -0.39 is 0 Å². The van der Waals surface area contributed by atoms with E-state index in [1.165, 1.54) is 7.11 Å². The average molecular weight is 266 g/mol. The summed E-state index contributed by atoms with van der Waals surface area (Å²) in [7, 11) is 1.38. The Kier molecular flexibility index (Phi) is 4.50. The van der Waals surface area contributed by atoms with Gasteiger partial charge in [0.15, 0.2) is 0 Å². The number of carbonyl (C=O) groups excluding carboxylic acids is 1. The summed E-state index contributed by atoms with van der Waals surface area (Å²) in [6.45, 7) is 1.38. The number of benzene rings is 1. The van der Waals surface area contributed by atoms with Crippen LogP contribution in [0.25, 0.3) is 0 Å². The molecule has 1 fully saturated rings. The van der Waals surface area contributed by atoms with E-state index in [-0.39, 0.29) is 24.4 Å². The van der Waals surface area contributed by atoms with Gasteiger partial charge >= 0.3 is 5.97 Å². The Hall–Kier alpha value is -1.46. The number of halogens is 1. The standard InChI is InChI=1S/C14H19FN2O2/c1-19-14(18)12-6-3-7-17(12)9-11-5-2-4-10(8-16)13(11)15/h2,4-5,12H,3,6-9,16H2,1H3. The smallest absolute Gasteiger partial charge is 0.323 e. The van der Waals surface area contributed by atoms with Crippen molar-refractivity contribution < 1.29 is 13.9 Å². The van der Waals surface area contributed by atoms with Crippen molar-refractivity contribution in [1.82, 2.24) is 4.90 Å². The van der Waals surface area contributed by atoms with E-state index in [1.54, 1.807) is 18.2 Å². The van der Waals surface area contributed by atoms with Crippen LogP contribution in [0.5, 0.6) is 0 Å². The first-order chi connectivity index (χ1) is 9.17. The summed E-state index contributed by atoms with van der Waals surface area (Å²) < 4.78 is 18.9. The fourth-order valence-corrected chi connectivity index (χ4v) is 2.55. The molecule has 1 aromatic carbocycles. The number of rotatable bonds is 4. The lowest BCUT2D eigenvalue weighted by Crippen LogP contribution is -2.36. The van der Waals surface area contributed by atoms with Crippen LogP contribution in [0.4, 0.5) is 4.39 Å². The molecule has 1 heterocycles. The molecule has 1 aromatic rings. The van der Waals surface area contributed by atoms with Gasteiger partial charge in [-0.3, -0.25) is 9.69 Å². The minimum Gasteiger partial charge on any atom is -0.468 e. The molecule has 0 bridgehead atoms. The van der Waals surface area contributed by atoms with Gasteiger partial charge in [0, 0.05) is 24.2 Å². The number of nitrogens with zero attached hydrogens (tertiary/aromatic N) is 1. The van der Waals surface area contributed by atoms with Crippen LogP contribution in [0.3, 0.4) is 0 Å². The van der Waals surface area contributed by atoms with Crippen LogP contribution in [0.15, 0.2) is 18.2 Å². The number of ether oxygens (including phenoxy) is 1. The van der Waals surface area contributed by atoms with Crippen LogP contribution in [0.1, 0.15) is 24.0 Å². The monoisotopic (exact) mass is 266 g/mol. The van der Waals surface area contributed by atoms with E-state index in [0.29, 0.717) is 17.7 Å². The molecule has 1 aliphatic heterocycles. The fourth-order valence-electron chi connectivity index (χ4n) is 2.55. The molecule has 0 amide bonds. The van der Waals surface area contributed by atoms with E-state index in [0.717, 1.165) is 19.4 Å². The van der Waals surface area contributed by atoms with Crippen molar-refractivity contribution in [3.63, 3.8) is 0 Å². The van der Waals surface area contributed by atoms with Gasteiger partial charge in [-0.2, -0.15) is 0 Å². The van der Waals surface area contributed by atoms with Crippen molar-refractivity contribution in [2.75, 3.05) is 13.7 Å². The van der Waals surface area contributed by atoms with Crippen LogP contribution in [-0.2, 0) is 22.6 Å². The highest BCUT2D eigenvalue weighted by molar-refractivity contribution is 5.75. The minimum absolute atomic E-state index is 0.181. The second-order valence-electron chi connectivity index (χ2n) is 4.75. The Morgan fingerprint density at radius 2 is 2.26 bits per heavy atom. The minimum atomic E-state index is -0.263. The highest BCUT2D eigenvalue weighted by Crippen LogP contribution is 2.23. The molecule has 2 rings (SSSR count). The topological polar surface area (TPSA) is 55.6 Å². The lowest BCUT2D eigenvalue weighted by Gasteiger charge is -2.22. The van der Waals surface area contributed by atoms with E-state index in [2.05, 4.69) is 0 Å². The van der Waals surface area contributed by atoms with E-state index in [9.17, 15) is 9.18 Å². The maximum atomic E-state index is 14.1. The number of methoxy groups -OCH3 is 1. The summed E-state index contributed by atoms with van der Waals surface area (Å²) >= 11 is 0. The summed E-state index contributed by atoms with van der Waals surface area (Å²) in [5.41, 5.74) is 6.59. The predicted molar refractivity (Wildman–Crippen MR) is 69.7 cm³/mol. The first kappa shape index (κ1) is 14.0. The molecule has 1 saturated heterocycles. The molecular formula is C14H19FN2O2. The summed E-state index contributed by atoms with van der Waals surface area (Å²) in [6.07, 6.45) is 1.70. The van der Waals surface area contributed by atoms with E-state index in [1.807, 2.05) is 4.90 Å². The molecule has 4 nitrogen and oxygen atoms in total. The molecule has 0 saturated carbocycles. The third-order valence-corrected chi connectivity index (χ3v) is 3.59. The molecular weight excluding hydrogens is 247 g/mol. The predicted octanol–water partition coefficient (Wildman–Crippen LogP) is 1.42. The third-order valence-electron chi connectivity index (χ3n) is 3.59. The molecule has 1 atom stereocenters. The maximum absolute atomic E-state index is 14.1. The molecule has 0 radical (unpaired) electrons. The number of hydrogen-bond donors (Lipinski definition) is 1. The van der Waals surface area contributed by atoms with Gasteiger partial charge in [-0.15, -0.1) is 0 Å². The summed E-state index contributed by atoms with van der Waals surface area (Å²) in [5.74, 6) is -0.506. The van der Waals surface area contributed by atoms with Crippen LogP contribution in [0, 0.1) is 5.82 Å². The fraction of sp³-hybridized carbons (Fsp3) is 0.500. The zero-order valence-corrected chi connectivity index (χ0v) is 11.1. The number of esters is 1. The van der Waals surface area contributed by atoms with Crippen molar-refractivity contribution >= 4 is 5.97 Å². The molecule has 1 unspecified atom stereocenters. The van der Waals surface area contributed by atoms with Crippen LogP contribution in [0.2, 0.25) is 0 Å². The first-order valence-corrected chi connectivity index (χ1v) is 6.45. The largest absolute Gasteiger partial charge is 0.468 e. The Bertz CT molecular complexity index is 465. The van der Waals surface area contributed by atoms with Crippen molar-refractivity contribution in [2.24, 2.45) is 5.73 Å². The Labute approximate surface area is 112 Å². The Morgan fingerprint density at radius 3 is 2.95 bits per heavy atom. The highest BCUT2D eigenvalue weighted by Gasteiger charge is 2.31. The summed E-state index contributed by atoms with van der Waals surface area (Å²) in [4.78, 5) is 13.6. The van der Waals surface area contributed by atoms with Gasteiger partial charge in [0.25, 0.3) is 0 Å². The van der Waals surface area contributed by atoms with Gasteiger partial charge in [0.1, 0.15) is 11.9 Å². The first-order valence-electron chi connectivity index (χ1n) is 6.45. The third kappa shape index (κ3) is 2.93. The molecule has 5 heteroatoms. The van der Waals surface area contributed by atoms with Gasteiger partial charge < -0.3 is 10.5 Å². The van der Waals surface area contributed by atoms with Gasteiger partial charge in [0.05, 0.1) is 7.11 Å². The number of likely N-dealkylation sites (tertiary alicyclic amines) is 1. The lowest BCUT2D eigenvalue weighted by atomic mass is 10.1. The highest BCUT2D eigenvalue weighted by atomic mass is 19.1. The number of hydrogen-bond acceptors (Lipinski definition) is 4. The average Bonchev–Trinajstić information content (AvgIpc) is 2.88. The van der Waals surface area contributed by atoms with Crippen LogP contribution >= 0.6 is 0 Å². The molecule has 0 aliphatic carbocycles. The van der Waals surface area contributed by atoms with E-state index >= 15 is 0 Å². The molecule has 2 N–H and O–H groups in total. The lowest BCUT2D eigenvalue weighted by molar-refractivity contribution is -0.146. The second-order valence-corrected chi connectivity index (χ2v) is 4.75. The van der Waals surface area contributed by atoms with Crippen LogP contribution in [-0.4, -0.2) is 30.6 Å². The Morgan fingerprint density at radius 1 is 1.53 bits per heavy atom. The molecule has 1 aliphatic rings. The summed E-state index contributed by atoms with van der Waals surface area (Å²) in [5, 5.41) is 0. The summed E-state index contributed by atoms with van der Waals surface area (Å²) in [6, 6.07) is 4.96. The van der Waals surface area contributed by atoms with Crippen molar-refractivity contribution in [3.8, 4) is 0 Å². The number of carbonyl (C=O) groups is 1. The molecule has 0 aromatic heterocycles. The van der Waals surface area contributed by atoms with Crippen molar-refractivity contribution in [2.45, 2.75) is 32.0 Å². The van der Waals surface area contributed by atoms with E-state index in [4.69, 9.17) is 10.5 Å². The SMILES string of the molecule is COC(=O)C1CCCN1Cc1cccc(CN)c1F. The quantitative estimate of drug-likeness (QED) is 0.837. The van der Waals surface area contributed by atoms with Crippen molar-refractivity contribution in [3.05, 3.63) is 35.1 Å². The second kappa shape index (κ2) is 6.12. The molecule has 104 valence electrons.